The maximum Gasteiger partial charge on any atom is 0.142 e. The van der Waals surface area contributed by atoms with Crippen molar-refractivity contribution in [1.82, 2.24) is 5.32 Å². The van der Waals surface area contributed by atoms with Crippen LogP contribution in [0.4, 0.5) is 5.69 Å². The molecule has 0 amide bonds. The number of anilines is 1. The maximum absolute atomic E-state index is 5.91. The smallest absolute Gasteiger partial charge is 0.142 e. The zero-order chi connectivity index (χ0) is 14.7. The van der Waals surface area contributed by atoms with E-state index in [1.54, 1.807) is 7.11 Å². The van der Waals surface area contributed by atoms with E-state index in [-0.39, 0.29) is 0 Å². The van der Waals surface area contributed by atoms with Gasteiger partial charge in [-0.15, -0.1) is 0 Å². The van der Waals surface area contributed by atoms with Crippen molar-refractivity contribution < 1.29 is 9.47 Å². The standard InChI is InChI=1S/C17H26N2O2/c1-13(12-20-2)11-19-7-8-21-17-10-15-4-6-18-5-3-14(15)9-16(17)19/h9-10,13,18H,3-8,11-12H2,1-2H3/t13-/m1/s1. The summed E-state index contributed by atoms with van der Waals surface area (Å²) in [5.74, 6) is 1.59. The summed E-state index contributed by atoms with van der Waals surface area (Å²) in [5, 5.41) is 3.47. The molecule has 0 saturated heterocycles. The first-order valence-electron chi connectivity index (χ1n) is 8.01. The first-order valence-corrected chi connectivity index (χ1v) is 8.01. The molecular formula is C17H26N2O2. The van der Waals surface area contributed by atoms with Crippen LogP contribution in [0.15, 0.2) is 12.1 Å². The van der Waals surface area contributed by atoms with E-state index >= 15 is 0 Å². The predicted molar refractivity (Wildman–Crippen MR) is 85.5 cm³/mol. The molecule has 2 aliphatic heterocycles. The van der Waals surface area contributed by atoms with Gasteiger partial charge in [0.25, 0.3) is 0 Å². The van der Waals surface area contributed by atoms with E-state index in [0.717, 1.165) is 58.0 Å². The van der Waals surface area contributed by atoms with Crippen molar-refractivity contribution in [2.75, 3.05) is 51.4 Å². The Morgan fingerprint density at radius 1 is 1.29 bits per heavy atom. The third-order valence-corrected chi connectivity index (χ3v) is 4.37. The SMILES string of the molecule is COC[C@H](C)CN1CCOc2cc3c(cc21)CCNCC3. The highest BCUT2D eigenvalue weighted by Crippen LogP contribution is 2.35. The minimum Gasteiger partial charge on any atom is -0.490 e. The molecule has 3 rings (SSSR count). The monoisotopic (exact) mass is 290 g/mol. The fourth-order valence-corrected chi connectivity index (χ4v) is 3.34. The van der Waals surface area contributed by atoms with E-state index in [1.165, 1.54) is 16.8 Å². The summed E-state index contributed by atoms with van der Waals surface area (Å²) in [6, 6.07) is 4.63. The van der Waals surface area contributed by atoms with Crippen molar-refractivity contribution >= 4 is 5.69 Å². The van der Waals surface area contributed by atoms with Crippen molar-refractivity contribution in [3.05, 3.63) is 23.3 Å². The second-order valence-electron chi connectivity index (χ2n) is 6.19. The minimum atomic E-state index is 0.529. The van der Waals surface area contributed by atoms with Crippen LogP contribution in [0.1, 0.15) is 18.1 Å². The van der Waals surface area contributed by atoms with Crippen LogP contribution in [0.25, 0.3) is 0 Å². The number of benzene rings is 1. The van der Waals surface area contributed by atoms with Crippen LogP contribution >= 0.6 is 0 Å². The lowest BCUT2D eigenvalue weighted by molar-refractivity contribution is 0.160. The second-order valence-corrected chi connectivity index (χ2v) is 6.19. The fourth-order valence-electron chi connectivity index (χ4n) is 3.34. The summed E-state index contributed by atoms with van der Waals surface area (Å²) in [6.07, 6.45) is 2.22. The highest BCUT2D eigenvalue weighted by atomic mass is 16.5. The zero-order valence-corrected chi connectivity index (χ0v) is 13.2. The molecule has 1 aromatic carbocycles. The van der Waals surface area contributed by atoms with Crippen LogP contribution in [-0.4, -0.2) is 46.5 Å². The van der Waals surface area contributed by atoms with Crippen molar-refractivity contribution in [2.45, 2.75) is 19.8 Å². The van der Waals surface area contributed by atoms with Gasteiger partial charge in [-0.2, -0.15) is 0 Å². The second kappa shape index (κ2) is 6.67. The van der Waals surface area contributed by atoms with Crippen molar-refractivity contribution in [1.29, 1.82) is 0 Å². The lowest BCUT2D eigenvalue weighted by atomic mass is 10.00. The van der Waals surface area contributed by atoms with E-state index in [2.05, 4.69) is 29.3 Å². The quantitative estimate of drug-likeness (QED) is 0.918. The Morgan fingerprint density at radius 2 is 2.05 bits per heavy atom. The van der Waals surface area contributed by atoms with E-state index in [9.17, 15) is 0 Å². The Morgan fingerprint density at radius 3 is 2.81 bits per heavy atom. The number of ether oxygens (including phenoxy) is 2. The summed E-state index contributed by atoms with van der Waals surface area (Å²) in [7, 11) is 1.77. The van der Waals surface area contributed by atoms with Gasteiger partial charge >= 0.3 is 0 Å². The molecule has 0 aliphatic carbocycles. The number of hydrogen-bond donors (Lipinski definition) is 1. The Bertz CT molecular complexity index is 490. The lowest BCUT2D eigenvalue weighted by Gasteiger charge is -2.34. The van der Waals surface area contributed by atoms with E-state index in [4.69, 9.17) is 9.47 Å². The summed E-state index contributed by atoms with van der Waals surface area (Å²) in [4.78, 5) is 2.46. The maximum atomic E-state index is 5.91. The summed E-state index contributed by atoms with van der Waals surface area (Å²) >= 11 is 0. The van der Waals surface area contributed by atoms with Gasteiger partial charge in [0.15, 0.2) is 0 Å². The molecule has 0 saturated carbocycles. The van der Waals surface area contributed by atoms with Crippen molar-refractivity contribution in [2.24, 2.45) is 5.92 Å². The van der Waals surface area contributed by atoms with Crippen LogP contribution < -0.4 is 15.0 Å². The normalized spacial score (nSPS) is 19.2. The Kier molecular flexibility index (Phi) is 4.66. The largest absolute Gasteiger partial charge is 0.490 e. The molecule has 0 spiro atoms. The van der Waals surface area contributed by atoms with Gasteiger partial charge in [-0.05, 0) is 55.1 Å². The lowest BCUT2D eigenvalue weighted by Crippen LogP contribution is -2.37. The number of nitrogens with zero attached hydrogens (tertiary/aromatic N) is 1. The third kappa shape index (κ3) is 3.33. The van der Waals surface area contributed by atoms with Gasteiger partial charge in [0.1, 0.15) is 12.4 Å². The van der Waals surface area contributed by atoms with Crippen LogP contribution in [0.2, 0.25) is 0 Å². The zero-order valence-electron chi connectivity index (χ0n) is 13.2. The first kappa shape index (κ1) is 14.7. The average molecular weight is 290 g/mol. The van der Waals surface area contributed by atoms with Crippen LogP contribution in [0, 0.1) is 5.92 Å². The molecule has 116 valence electrons. The summed E-state index contributed by atoms with van der Waals surface area (Å²) in [5.41, 5.74) is 4.20. The van der Waals surface area contributed by atoms with Gasteiger partial charge < -0.3 is 19.7 Å². The van der Waals surface area contributed by atoms with Crippen LogP contribution in [0.3, 0.4) is 0 Å². The van der Waals surface area contributed by atoms with E-state index in [0.29, 0.717) is 5.92 Å². The molecule has 0 fully saturated rings. The van der Waals surface area contributed by atoms with Gasteiger partial charge in [-0.3, -0.25) is 0 Å². The Balaban J connectivity index is 1.84. The molecule has 4 nitrogen and oxygen atoms in total. The highest BCUT2D eigenvalue weighted by molar-refractivity contribution is 5.63. The van der Waals surface area contributed by atoms with Gasteiger partial charge in [0.2, 0.25) is 0 Å². The predicted octanol–water partition coefficient (Wildman–Crippen LogP) is 1.86. The summed E-state index contributed by atoms with van der Waals surface area (Å²) < 4.78 is 11.2. The molecule has 0 unspecified atom stereocenters. The molecule has 4 heteroatoms. The van der Waals surface area contributed by atoms with Crippen LogP contribution in [0.5, 0.6) is 5.75 Å². The summed E-state index contributed by atoms with van der Waals surface area (Å²) in [6.45, 7) is 7.98. The fraction of sp³-hybridized carbons (Fsp3) is 0.647. The molecule has 1 aromatic rings. The average Bonchev–Trinajstić information content (AvgIpc) is 2.70. The van der Waals surface area contributed by atoms with Crippen LogP contribution in [-0.2, 0) is 17.6 Å². The number of rotatable bonds is 4. The minimum absolute atomic E-state index is 0.529. The van der Waals surface area contributed by atoms with Gasteiger partial charge in [-0.1, -0.05) is 6.92 Å². The molecule has 21 heavy (non-hydrogen) atoms. The first-order chi connectivity index (χ1) is 10.3. The molecule has 2 aliphatic rings. The number of methoxy groups -OCH3 is 1. The molecule has 1 N–H and O–H groups in total. The number of hydrogen-bond acceptors (Lipinski definition) is 4. The van der Waals surface area contributed by atoms with Gasteiger partial charge in [-0.25, -0.2) is 0 Å². The molecule has 0 radical (unpaired) electrons. The van der Waals surface area contributed by atoms with E-state index < -0.39 is 0 Å². The van der Waals surface area contributed by atoms with Gasteiger partial charge in [0, 0.05) is 13.7 Å². The Hall–Kier alpha value is -1.26. The molecule has 2 heterocycles. The molecule has 1 atom stereocenters. The highest BCUT2D eigenvalue weighted by Gasteiger charge is 2.22. The number of fused-ring (bicyclic) bond motifs is 2. The van der Waals surface area contributed by atoms with Crippen molar-refractivity contribution in [3.63, 3.8) is 0 Å². The third-order valence-electron chi connectivity index (χ3n) is 4.37. The van der Waals surface area contributed by atoms with E-state index in [1.807, 2.05) is 0 Å². The van der Waals surface area contributed by atoms with Gasteiger partial charge in [0.05, 0.1) is 18.8 Å². The molecule has 0 bridgehead atoms. The molecule has 0 aromatic heterocycles. The Labute approximate surface area is 127 Å². The molecular weight excluding hydrogens is 264 g/mol. The number of nitrogens with one attached hydrogen (secondary N) is 1. The topological polar surface area (TPSA) is 33.7 Å². The van der Waals surface area contributed by atoms with Crippen molar-refractivity contribution in [3.8, 4) is 5.75 Å².